The number of thioether (sulfide) groups is 1. The van der Waals surface area contributed by atoms with Crippen molar-refractivity contribution in [2.24, 2.45) is 0 Å². The van der Waals surface area contributed by atoms with Gasteiger partial charge in [-0.2, -0.15) is 17.0 Å². The van der Waals surface area contributed by atoms with Gasteiger partial charge in [0.25, 0.3) is 5.91 Å². The van der Waals surface area contributed by atoms with E-state index in [1.165, 1.54) is 0 Å². The number of aryl methyl sites for hydroxylation is 1. The Morgan fingerprint density at radius 2 is 2.30 bits per heavy atom. The van der Waals surface area contributed by atoms with Gasteiger partial charge in [-0.25, -0.2) is 4.98 Å². The number of nitrogens with one attached hydrogen (secondary N) is 1. The van der Waals surface area contributed by atoms with Crippen LogP contribution in [0.15, 0.2) is 30.5 Å². The Morgan fingerprint density at radius 1 is 1.48 bits per heavy atom. The molecule has 23 heavy (non-hydrogen) atoms. The lowest BCUT2D eigenvalue weighted by atomic mass is 10.0. The standard InChI is InChI=1S/C17H18N4OS/c1-12-9-14(13(2)21(12)15-5-3-4-7-19-15)16(22)20-17(10-18)6-8-23-11-17/h3-5,7,9H,6,8,11H2,1-2H3,(H,20,22). The number of carbonyl (C=O) groups is 1. The summed E-state index contributed by atoms with van der Waals surface area (Å²) >= 11 is 1.70. The molecule has 6 heteroatoms. The molecule has 0 aromatic carbocycles. The predicted octanol–water partition coefficient (Wildman–Crippen LogP) is 2.62. The fraction of sp³-hybridized carbons (Fsp3) is 0.353. The molecule has 1 N–H and O–H groups in total. The summed E-state index contributed by atoms with van der Waals surface area (Å²) in [5.74, 6) is 2.15. The van der Waals surface area contributed by atoms with Crippen molar-refractivity contribution in [1.82, 2.24) is 14.9 Å². The Kier molecular flexibility index (Phi) is 4.14. The highest BCUT2D eigenvalue weighted by Gasteiger charge is 2.36. The van der Waals surface area contributed by atoms with Crippen LogP contribution < -0.4 is 5.32 Å². The normalized spacial score (nSPS) is 20.2. The zero-order valence-electron chi connectivity index (χ0n) is 13.2. The molecule has 2 aromatic rings. The molecule has 0 spiro atoms. The van der Waals surface area contributed by atoms with Crippen LogP contribution in [0.25, 0.3) is 5.82 Å². The topological polar surface area (TPSA) is 70.7 Å². The lowest BCUT2D eigenvalue weighted by Gasteiger charge is -2.21. The molecule has 118 valence electrons. The minimum absolute atomic E-state index is 0.190. The number of nitriles is 1. The first-order chi connectivity index (χ1) is 11.1. The highest BCUT2D eigenvalue weighted by Crippen LogP contribution is 2.28. The quantitative estimate of drug-likeness (QED) is 0.941. The number of hydrogen-bond donors (Lipinski definition) is 1. The maximum absolute atomic E-state index is 12.7. The lowest BCUT2D eigenvalue weighted by Crippen LogP contribution is -2.47. The van der Waals surface area contributed by atoms with Crippen LogP contribution in [0, 0.1) is 25.2 Å². The van der Waals surface area contributed by atoms with Gasteiger partial charge in [0.1, 0.15) is 11.4 Å². The van der Waals surface area contributed by atoms with E-state index in [9.17, 15) is 10.1 Å². The van der Waals surface area contributed by atoms with E-state index in [1.807, 2.05) is 42.7 Å². The Balaban J connectivity index is 1.93. The summed E-state index contributed by atoms with van der Waals surface area (Å²) in [5.41, 5.74) is 1.63. The summed E-state index contributed by atoms with van der Waals surface area (Å²) in [4.78, 5) is 17.0. The van der Waals surface area contributed by atoms with Crippen molar-refractivity contribution in [3.05, 3.63) is 47.4 Å². The van der Waals surface area contributed by atoms with Gasteiger partial charge in [-0.1, -0.05) is 6.07 Å². The van der Waals surface area contributed by atoms with Gasteiger partial charge in [0, 0.05) is 23.3 Å². The third kappa shape index (κ3) is 2.84. The minimum atomic E-state index is -0.741. The van der Waals surface area contributed by atoms with Crippen molar-refractivity contribution < 1.29 is 4.79 Å². The second-order valence-corrected chi connectivity index (χ2v) is 6.86. The molecule has 0 aliphatic carbocycles. The average molecular weight is 326 g/mol. The molecule has 0 bridgehead atoms. The fourth-order valence-corrected chi connectivity index (χ4v) is 4.16. The van der Waals surface area contributed by atoms with Gasteiger partial charge >= 0.3 is 0 Å². The van der Waals surface area contributed by atoms with Crippen LogP contribution >= 0.6 is 11.8 Å². The second-order valence-electron chi connectivity index (χ2n) is 5.76. The van der Waals surface area contributed by atoms with E-state index >= 15 is 0 Å². The van der Waals surface area contributed by atoms with Crippen LogP contribution in [-0.4, -0.2) is 32.5 Å². The van der Waals surface area contributed by atoms with Crippen molar-refractivity contribution in [3.63, 3.8) is 0 Å². The number of amides is 1. The van der Waals surface area contributed by atoms with Crippen LogP contribution in [0.1, 0.15) is 28.2 Å². The number of carbonyl (C=O) groups excluding carboxylic acids is 1. The SMILES string of the molecule is Cc1cc(C(=O)NC2(C#N)CCSC2)c(C)n1-c1ccccn1. The Labute approximate surface area is 139 Å². The molecule has 0 radical (unpaired) electrons. The summed E-state index contributed by atoms with van der Waals surface area (Å²) < 4.78 is 1.96. The van der Waals surface area contributed by atoms with Gasteiger partial charge in [-0.05, 0) is 44.2 Å². The highest BCUT2D eigenvalue weighted by molar-refractivity contribution is 7.99. The van der Waals surface area contributed by atoms with E-state index in [0.717, 1.165) is 23.0 Å². The smallest absolute Gasteiger partial charge is 0.254 e. The van der Waals surface area contributed by atoms with Crippen molar-refractivity contribution in [3.8, 4) is 11.9 Å². The molecular formula is C17H18N4OS. The molecule has 1 aliphatic rings. The van der Waals surface area contributed by atoms with Gasteiger partial charge in [0.15, 0.2) is 0 Å². The van der Waals surface area contributed by atoms with Crippen molar-refractivity contribution in [2.45, 2.75) is 25.8 Å². The van der Waals surface area contributed by atoms with Gasteiger partial charge in [0.05, 0.1) is 11.6 Å². The minimum Gasteiger partial charge on any atom is -0.333 e. The molecule has 1 saturated heterocycles. The molecule has 1 fully saturated rings. The van der Waals surface area contributed by atoms with E-state index in [0.29, 0.717) is 17.7 Å². The molecule has 1 amide bonds. The first-order valence-corrected chi connectivity index (χ1v) is 8.64. The van der Waals surface area contributed by atoms with E-state index < -0.39 is 5.54 Å². The van der Waals surface area contributed by atoms with Crippen LogP contribution in [-0.2, 0) is 0 Å². The Bertz CT molecular complexity index is 770. The Morgan fingerprint density at radius 3 is 2.91 bits per heavy atom. The van der Waals surface area contributed by atoms with Crippen LogP contribution in [0.5, 0.6) is 0 Å². The van der Waals surface area contributed by atoms with Gasteiger partial charge in [-0.15, -0.1) is 0 Å². The molecule has 5 nitrogen and oxygen atoms in total. The third-order valence-corrected chi connectivity index (χ3v) is 5.33. The monoisotopic (exact) mass is 326 g/mol. The summed E-state index contributed by atoms with van der Waals surface area (Å²) in [7, 11) is 0. The largest absolute Gasteiger partial charge is 0.333 e. The molecule has 1 atom stereocenters. The molecular weight excluding hydrogens is 308 g/mol. The van der Waals surface area contributed by atoms with Gasteiger partial charge in [0.2, 0.25) is 0 Å². The predicted molar refractivity (Wildman–Crippen MR) is 90.8 cm³/mol. The van der Waals surface area contributed by atoms with E-state index in [4.69, 9.17) is 0 Å². The first-order valence-electron chi connectivity index (χ1n) is 7.48. The van der Waals surface area contributed by atoms with Gasteiger partial charge < -0.3 is 9.88 Å². The maximum Gasteiger partial charge on any atom is 0.254 e. The molecule has 3 rings (SSSR count). The van der Waals surface area contributed by atoms with E-state index in [2.05, 4.69) is 16.4 Å². The highest BCUT2D eigenvalue weighted by atomic mass is 32.2. The summed E-state index contributed by atoms with van der Waals surface area (Å²) in [6, 6.07) is 9.82. The molecule has 1 aliphatic heterocycles. The number of rotatable bonds is 3. The fourth-order valence-electron chi connectivity index (χ4n) is 2.90. The number of nitrogens with zero attached hydrogens (tertiary/aromatic N) is 3. The lowest BCUT2D eigenvalue weighted by molar-refractivity contribution is 0.0925. The maximum atomic E-state index is 12.7. The van der Waals surface area contributed by atoms with Crippen molar-refractivity contribution in [1.29, 1.82) is 5.26 Å². The zero-order chi connectivity index (χ0) is 16.4. The van der Waals surface area contributed by atoms with Crippen molar-refractivity contribution >= 4 is 17.7 Å². The molecule has 1 unspecified atom stereocenters. The van der Waals surface area contributed by atoms with Crippen LogP contribution in [0.2, 0.25) is 0 Å². The molecule has 0 saturated carbocycles. The second kappa shape index (κ2) is 6.09. The van der Waals surface area contributed by atoms with Crippen LogP contribution in [0.4, 0.5) is 0 Å². The molecule has 2 aromatic heterocycles. The Hall–Kier alpha value is -2.26. The average Bonchev–Trinajstić information content (AvgIpc) is 3.13. The van der Waals surface area contributed by atoms with Crippen LogP contribution in [0.3, 0.4) is 0 Å². The van der Waals surface area contributed by atoms with E-state index in [-0.39, 0.29) is 5.91 Å². The zero-order valence-corrected chi connectivity index (χ0v) is 14.0. The summed E-state index contributed by atoms with van der Waals surface area (Å²) in [5, 5.41) is 12.4. The number of aromatic nitrogens is 2. The summed E-state index contributed by atoms with van der Waals surface area (Å²) in [6.07, 6.45) is 2.42. The third-order valence-electron chi connectivity index (χ3n) is 4.14. The van der Waals surface area contributed by atoms with Crippen molar-refractivity contribution in [2.75, 3.05) is 11.5 Å². The summed E-state index contributed by atoms with van der Waals surface area (Å²) in [6.45, 7) is 3.85. The molecule has 3 heterocycles. The first kappa shape index (κ1) is 15.6. The number of hydrogen-bond acceptors (Lipinski definition) is 4. The number of pyridine rings is 1. The van der Waals surface area contributed by atoms with Gasteiger partial charge in [-0.3, -0.25) is 4.79 Å². The van der Waals surface area contributed by atoms with E-state index in [1.54, 1.807) is 18.0 Å².